The van der Waals surface area contributed by atoms with Crippen LogP contribution in [0.4, 0.5) is 0 Å². The van der Waals surface area contributed by atoms with Gasteiger partial charge in [0.2, 0.25) is 5.91 Å². The lowest BCUT2D eigenvalue weighted by Gasteiger charge is -2.27. The SMILES string of the molecule is Cc1noc(C)c1CCC(=O)NCC(C)(O)C(C)C. The molecule has 19 heavy (non-hydrogen) atoms. The molecule has 5 nitrogen and oxygen atoms in total. The molecule has 0 radical (unpaired) electrons. The molecule has 1 atom stereocenters. The van der Waals surface area contributed by atoms with E-state index in [0.717, 1.165) is 17.0 Å². The second kappa shape index (κ2) is 6.19. The van der Waals surface area contributed by atoms with Crippen molar-refractivity contribution in [3.05, 3.63) is 17.0 Å². The van der Waals surface area contributed by atoms with Gasteiger partial charge >= 0.3 is 0 Å². The monoisotopic (exact) mass is 268 g/mol. The van der Waals surface area contributed by atoms with Crippen molar-refractivity contribution in [2.45, 2.75) is 53.1 Å². The molecule has 1 aromatic heterocycles. The third-order valence-electron chi connectivity index (χ3n) is 3.67. The quantitative estimate of drug-likeness (QED) is 0.824. The summed E-state index contributed by atoms with van der Waals surface area (Å²) in [6.45, 7) is 9.56. The molecule has 0 aliphatic rings. The Morgan fingerprint density at radius 3 is 2.58 bits per heavy atom. The Morgan fingerprint density at radius 2 is 2.11 bits per heavy atom. The van der Waals surface area contributed by atoms with E-state index in [0.29, 0.717) is 12.8 Å². The summed E-state index contributed by atoms with van der Waals surface area (Å²) in [6.07, 6.45) is 0.980. The lowest BCUT2D eigenvalue weighted by molar-refractivity contribution is -0.122. The summed E-state index contributed by atoms with van der Waals surface area (Å²) in [5.41, 5.74) is 0.948. The van der Waals surface area contributed by atoms with Gasteiger partial charge in [-0.05, 0) is 33.1 Å². The van der Waals surface area contributed by atoms with E-state index in [1.807, 2.05) is 27.7 Å². The molecule has 0 bridgehead atoms. The summed E-state index contributed by atoms with van der Waals surface area (Å²) in [7, 11) is 0. The molecule has 0 fully saturated rings. The molecular formula is C14H24N2O3. The van der Waals surface area contributed by atoms with Crippen LogP contribution in [-0.2, 0) is 11.2 Å². The smallest absolute Gasteiger partial charge is 0.220 e. The highest BCUT2D eigenvalue weighted by atomic mass is 16.5. The molecule has 1 unspecified atom stereocenters. The predicted octanol–water partition coefficient (Wildman–Crippen LogP) is 1.75. The molecule has 0 spiro atoms. The first-order chi connectivity index (χ1) is 8.74. The zero-order chi connectivity index (χ0) is 14.6. The highest BCUT2D eigenvalue weighted by Crippen LogP contribution is 2.16. The molecular weight excluding hydrogens is 244 g/mol. The average Bonchev–Trinajstić information content (AvgIpc) is 2.64. The van der Waals surface area contributed by atoms with Crippen LogP contribution in [-0.4, -0.2) is 28.3 Å². The molecule has 0 saturated heterocycles. The van der Waals surface area contributed by atoms with Crippen molar-refractivity contribution in [2.24, 2.45) is 5.92 Å². The maximum atomic E-state index is 11.8. The number of hydrogen-bond acceptors (Lipinski definition) is 4. The zero-order valence-corrected chi connectivity index (χ0v) is 12.4. The van der Waals surface area contributed by atoms with Crippen LogP contribution in [0.5, 0.6) is 0 Å². The van der Waals surface area contributed by atoms with E-state index in [2.05, 4.69) is 10.5 Å². The summed E-state index contributed by atoms with van der Waals surface area (Å²) < 4.78 is 5.05. The molecule has 1 rings (SSSR count). The van der Waals surface area contributed by atoms with Crippen molar-refractivity contribution < 1.29 is 14.4 Å². The minimum absolute atomic E-state index is 0.0686. The number of rotatable bonds is 6. The van der Waals surface area contributed by atoms with Gasteiger partial charge in [-0.15, -0.1) is 0 Å². The first kappa shape index (κ1) is 15.7. The van der Waals surface area contributed by atoms with E-state index in [4.69, 9.17) is 4.52 Å². The predicted molar refractivity (Wildman–Crippen MR) is 72.8 cm³/mol. The largest absolute Gasteiger partial charge is 0.388 e. The van der Waals surface area contributed by atoms with Crippen molar-refractivity contribution in [3.8, 4) is 0 Å². The van der Waals surface area contributed by atoms with Crippen molar-refractivity contribution in [2.75, 3.05) is 6.54 Å². The van der Waals surface area contributed by atoms with Crippen LogP contribution in [0, 0.1) is 19.8 Å². The molecule has 2 N–H and O–H groups in total. The Morgan fingerprint density at radius 1 is 1.47 bits per heavy atom. The maximum Gasteiger partial charge on any atom is 0.220 e. The van der Waals surface area contributed by atoms with Crippen molar-refractivity contribution in [1.29, 1.82) is 0 Å². The van der Waals surface area contributed by atoms with Crippen LogP contribution >= 0.6 is 0 Å². The van der Waals surface area contributed by atoms with Gasteiger partial charge in [0, 0.05) is 18.5 Å². The van der Waals surface area contributed by atoms with E-state index >= 15 is 0 Å². The van der Waals surface area contributed by atoms with E-state index in [1.54, 1.807) is 6.92 Å². The second-order valence-corrected chi connectivity index (χ2v) is 5.59. The number of nitrogens with one attached hydrogen (secondary N) is 1. The number of carbonyl (C=O) groups excluding carboxylic acids is 1. The molecule has 1 amide bonds. The Balaban J connectivity index is 2.41. The lowest BCUT2D eigenvalue weighted by Crippen LogP contribution is -2.44. The zero-order valence-electron chi connectivity index (χ0n) is 12.4. The topological polar surface area (TPSA) is 75.4 Å². The van der Waals surface area contributed by atoms with Crippen molar-refractivity contribution in [3.63, 3.8) is 0 Å². The third kappa shape index (κ3) is 4.35. The summed E-state index contributed by atoms with van der Waals surface area (Å²) in [5.74, 6) is 0.788. The number of amides is 1. The molecule has 108 valence electrons. The van der Waals surface area contributed by atoms with Gasteiger partial charge in [-0.2, -0.15) is 0 Å². The average molecular weight is 268 g/mol. The van der Waals surface area contributed by atoms with Gasteiger partial charge in [-0.3, -0.25) is 4.79 Å². The van der Waals surface area contributed by atoms with Gasteiger partial charge in [0.05, 0.1) is 11.3 Å². The fourth-order valence-electron chi connectivity index (χ4n) is 1.67. The number of nitrogens with zero attached hydrogens (tertiary/aromatic N) is 1. The fourth-order valence-corrected chi connectivity index (χ4v) is 1.67. The minimum atomic E-state index is -0.876. The number of carbonyl (C=O) groups is 1. The summed E-state index contributed by atoms with van der Waals surface area (Å²) in [5, 5.41) is 16.7. The molecule has 0 aliphatic carbocycles. The summed E-state index contributed by atoms with van der Waals surface area (Å²) in [4.78, 5) is 11.8. The van der Waals surface area contributed by atoms with Crippen LogP contribution in [0.1, 0.15) is 44.2 Å². The van der Waals surface area contributed by atoms with Crippen LogP contribution in [0.3, 0.4) is 0 Å². The molecule has 0 aromatic carbocycles. The minimum Gasteiger partial charge on any atom is -0.388 e. The van der Waals surface area contributed by atoms with Gasteiger partial charge in [-0.1, -0.05) is 19.0 Å². The molecule has 0 saturated carbocycles. The van der Waals surface area contributed by atoms with Crippen molar-refractivity contribution in [1.82, 2.24) is 10.5 Å². The molecule has 0 aliphatic heterocycles. The molecule has 5 heteroatoms. The van der Waals surface area contributed by atoms with Gasteiger partial charge in [0.15, 0.2) is 0 Å². The van der Waals surface area contributed by atoms with Crippen LogP contribution in [0.2, 0.25) is 0 Å². The van der Waals surface area contributed by atoms with Crippen molar-refractivity contribution >= 4 is 5.91 Å². The van der Waals surface area contributed by atoms with Gasteiger partial charge in [0.25, 0.3) is 0 Å². The Kier molecular flexibility index (Phi) is 5.11. The fraction of sp³-hybridized carbons (Fsp3) is 0.714. The van der Waals surface area contributed by atoms with Gasteiger partial charge < -0.3 is 14.9 Å². The van der Waals surface area contributed by atoms with Crippen LogP contribution < -0.4 is 5.32 Å². The summed E-state index contributed by atoms with van der Waals surface area (Å²) in [6, 6.07) is 0. The second-order valence-electron chi connectivity index (χ2n) is 5.59. The Bertz CT molecular complexity index is 416. The molecule has 1 aromatic rings. The van der Waals surface area contributed by atoms with Crippen LogP contribution in [0.25, 0.3) is 0 Å². The standard InChI is InChI=1S/C14H24N2O3/c1-9(2)14(5,18)8-15-13(17)7-6-12-10(3)16-19-11(12)4/h9,18H,6-8H2,1-5H3,(H,15,17). The van der Waals surface area contributed by atoms with E-state index in [9.17, 15) is 9.90 Å². The number of hydrogen-bond donors (Lipinski definition) is 2. The van der Waals surface area contributed by atoms with Gasteiger partial charge in [0.1, 0.15) is 5.76 Å². The first-order valence-corrected chi connectivity index (χ1v) is 6.65. The number of aryl methyl sites for hydroxylation is 2. The number of aliphatic hydroxyl groups is 1. The maximum absolute atomic E-state index is 11.8. The normalized spacial score (nSPS) is 14.5. The third-order valence-corrected chi connectivity index (χ3v) is 3.67. The molecule has 1 heterocycles. The summed E-state index contributed by atoms with van der Waals surface area (Å²) >= 11 is 0. The van der Waals surface area contributed by atoms with Gasteiger partial charge in [-0.25, -0.2) is 0 Å². The van der Waals surface area contributed by atoms with E-state index in [1.165, 1.54) is 0 Å². The Hall–Kier alpha value is -1.36. The van der Waals surface area contributed by atoms with Crippen LogP contribution in [0.15, 0.2) is 4.52 Å². The van der Waals surface area contributed by atoms with E-state index < -0.39 is 5.60 Å². The highest BCUT2D eigenvalue weighted by Gasteiger charge is 2.25. The first-order valence-electron chi connectivity index (χ1n) is 6.65. The van der Waals surface area contributed by atoms with E-state index in [-0.39, 0.29) is 18.4 Å². The Labute approximate surface area is 114 Å². The lowest BCUT2D eigenvalue weighted by atomic mass is 9.92. The highest BCUT2D eigenvalue weighted by molar-refractivity contribution is 5.76. The number of aromatic nitrogens is 1.